The molecule has 0 fully saturated rings. The molecule has 28 heavy (non-hydrogen) atoms. The van der Waals surface area contributed by atoms with Gasteiger partial charge in [0.1, 0.15) is 11.4 Å². The number of hydrogen-bond acceptors (Lipinski definition) is 6. The van der Waals surface area contributed by atoms with Crippen LogP contribution in [0.5, 0.6) is 11.6 Å². The number of carbonyl (C=O) groups is 1. The van der Waals surface area contributed by atoms with E-state index in [0.717, 1.165) is 4.88 Å². The predicted molar refractivity (Wildman–Crippen MR) is 95.2 cm³/mol. The van der Waals surface area contributed by atoms with Crippen molar-refractivity contribution in [3.05, 3.63) is 47.0 Å². The Morgan fingerprint density at radius 1 is 1.25 bits per heavy atom. The molecule has 0 spiro atoms. The van der Waals surface area contributed by atoms with E-state index in [1.807, 2.05) is 0 Å². The lowest BCUT2D eigenvalue weighted by molar-refractivity contribution is -0.274. The second kappa shape index (κ2) is 7.89. The number of aromatic amines is 1. The molecule has 7 nitrogen and oxygen atoms in total. The van der Waals surface area contributed by atoms with Crippen molar-refractivity contribution in [2.24, 2.45) is 0 Å². The Morgan fingerprint density at radius 2 is 1.96 bits per heavy atom. The van der Waals surface area contributed by atoms with Crippen LogP contribution in [0, 0.1) is 0 Å². The van der Waals surface area contributed by atoms with Crippen molar-refractivity contribution in [1.82, 2.24) is 19.5 Å². The highest BCUT2D eigenvalue weighted by molar-refractivity contribution is 7.05. The van der Waals surface area contributed by atoms with Gasteiger partial charge in [-0.05, 0) is 41.9 Å². The number of amides is 1. The standard InChI is InChI=1S/C17H15F3N4O3S/c1-24(9-12-7-15(26-2)23-28-12)16(25)14-8-13(21-22-14)10-3-5-11(6-4-10)27-17(18,19)20/h3-8H,9H2,1-2H3,(H,21,22). The Bertz CT molecular complexity index is 953. The van der Waals surface area contributed by atoms with Gasteiger partial charge in [-0.15, -0.1) is 13.2 Å². The van der Waals surface area contributed by atoms with Crippen LogP contribution in [0.1, 0.15) is 15.4 Å². The van der Waals surface area contributed by atoms with Gasteiger partial charge >= 0.3 is 6.36 Å². The quantitative estimate of drug-likeness (QED) is 0.668. The van der Waals surface area contributed by atoms with E-state index >= 15 is 0 Å². The summed E-state index contributed by atoms with van der Waals surface area (Å²) in [4.78, 5) is 14.9. The summed E-state index contributed by atoms with van der Waals surface area (Å²) >= 11 is 1.24. The molecule has 0 aliphatic heterocycles. The van der Waals surface area contributed by atoms with Crippen LogP contribution in [0.4, 0.5) is 13.2 Å². The molecule has 0 saturated carbocycles. The number of halogens is 3. The van der Waals surface area contributed by atoms with Crippen molar-refractivity contribution in [2.75, 3.05) is 14.2 Å². The van der Waals surface area contributed by atoms with Crippen molar-refractivity contribution < 1.29 is 27.4 Å². The van der Waals surface area contributed by atoms with Crippen LogP contribution in [0.25, 0.3) is 11.3 Å². The van der Waals surface area contributed by atoms with Gasteiger partial charge in [0, 0.05) is 23.6 Å². The monoisotopic (exact) mass is 412 g/mol. The predicted octanol–water partition coefficient (Wildman–Crippen LogP) is 3.71. The molecule has 0 saturated heterocycles. The Morgan fingerprint density at radius 3 is 2.57 bits per heavy atom. The highest BCUT2D eigenvalue weighted by Crippen LogP contribution is 2.26. The summed E-state index contributed by atoms with van der Waals surface area (Å²) in [6.45, 7) is 0.345. The largest absolute Gasteiger partial charge is 0.573 e. The summed E-state index contributed by atoms with van der Waals surface area (Å²) in [7, 11) is 3.15. The minimum absolute atomic E-state index is 0.254. The van der Waals surface area contributed by atoms with Crippen LogP contribution in [-0.4, -0.2) is 45.9 Å². The first kappa shape index (κ1) is 19.7. The number of aromatic nitrogens is 3. The number of H-pyrrole nitrogens is 1. The molecule has 0 atom stereocenters. The number of nitrogens with one attached hydrogen (secondary N) is 1. The zero-order valence-electron chi connectivity index (χ0n) is 14.8. The number of rotatable bonds is 6. The van der Waals surface area contributed by atoms with E-state index < -0.39 is 6.36 Å². The molecule has 2 aromatic heterocycles. The van der Waals surface area contributed by atoms with E-state index in [1.54, 1.807) is 13.1 Å². The van der Waals surface area contributed by atoms with Crippen LogP contribution in [-0.2, 0) is 6.54 Å². The van der Waals surface area contributed by atoms with Crippen molar-refractivity contribution >= 4 is 17.4 Å². The number of ether oxygens (including phenoxy) is 2. The highest BCUT2D eigenvalue weighted by atomic mass is 32.1. The zero-order chi connectivity index (χ0) is 20.3. The van der Waals surface area contributed by atoms with Crippen LogP contribution < -0.4 is 9.47 Å². The lowest BCUT2D eigenvalue weighted by Crippen LogP contribution is -2.26. The molecular formula is C17H15F3N4O3S. The van der Waals surface area contributed by atoms with Gasteiger partial charge in [-0.25, -0.2) is 0 Å². The second-order valence-electron chi connectivity index (χ2n) is 5.74. The van der Waals surface area contributed by atoms with E-state index in [2.05, 4.69) is 19.3 Å². The summed E-state index contributed by atoms with van der Waals surface area (Å²) in [5, 5.41) is 6.70. The molecular weight excluding hydrogens is 397 g/mol. The number of nitrogens with zero attached hydrogens (tertiary/aromatic N) is 3. The fourth-order valence-corrected chi connectivity index (χ4v) is 3.12. The summed E-state index contributed by atoms with van der Waals surface area (Å²) < 4.78 is 49.6. The third-order valence-corrected chi connectivity index (χ3v) is 4.43. The van der Waals surface area contributed by atoms with E-state index in [9.17, 15) is 18.0 Å². The number of methoxy groups -OCH3 is 1. The van der Waals surface area contributed by atoms with E-state index in [-0.39, 0.29) is 17.4 Å². The van der Waals surface area contributed by atoms with Crippen LogP contribution >= 0.6 is 11.5 Å². The van der Waals surface area contributed by atoms with Crippen molar-refractivity contribution in [2.45, 2.75) is 12.9 Å². The van der Waals surface area contributed by atoms with E-state index in [0.29, 0.717) is 23.7 Å². The van der Waals surface area contributed by atoms with Gasteiger partial charge in [0.15, 0.2) is 0 Å². The normalized spacial score (nSPS) is 11.3. The molecule has 3 aromatic rings. The smallest absolute Gasteiger partial charge is 0.480 e. The highest BCUT2D eigenvalue weighted by Gasteiger charge is 2.31. The first-order valence-corrected chi connectivity index (χ1v) is 8.69. The van der Waals surface area contributed by atoms with Gasteiger partial charge in [0.05, 0.1) is 19.3 Å². The SMILES string of the molecule is COc1cc(CN(C)C(=O)c2cc(-c3ccc(OC(F)(F)F)cc3)n[nH]2)sn1. The molecule has 3 rings (SSSR count). The zero-order valence-corrected chi connectivity index (χ0v) is 15.6. The number of benzene rings is 1. The van der Waals surface area contributed by atoms with Crippen LogP contribution in [0.2, 0.25) is 0 Å². The Balaban J connectivity index is 1.68. The lowest BCUT2D eigenvalue weighted by atomic mass is 10.1. The summed E-state index contributed by atoms with van der Waals surface area (Å²) in [6, 6.07) is 8.51. The molecule has 0 radical (unpaired) electrons. The van der Waals surface area contributed by atoms with Crippen molar-refractivity contribution in [1.29, 1.82) is 0 Å². The third-order valence-electron chi connectivity index (χ3n) is 3.68. The minimum atomic E-state index is -4.75. The van der Waals surface area contributed by atoms with Gasteiger partial charge < -0.3 is 14.4 Å². The Hall–Kier alpha value is -3.08. The van der Waals surface area contributed by atoms with Crippen LogP contribution in [0.3, 0.4) is 0 Å². The summed E-state index contributed by atoms with van der Waals surface area (Å²) in [6.07, 6.45) is -4.75. The van der Waals surface area contributed by atoms with Gasteiger partial charge in [-0.2, -0.15) is 9.47 Å². The molecule has 0 aliphatic carbocycles. The average molecular weight is 412 g/mol. The molecule has 0 aliphatic rings. The first-order valence-electron chi connectivity index (χ1n) is 7.92. The molecule has 148 valence electrons. The summed E-state index contributed by atoms with van der Waals surface area (Å²) in [5.41, 5.74) is 1.22. The molecule has 11 heteroatoms. The van der Waals surface area contributed by atoms with Crippen molar-refractivity contribution in [3.63, 3.8) is 0 Å². The second-order valence-corrected chi connectivity index (χ2v) is 6.63. The van der Waals surface area contributed by atoms with Crippen LogP contribution in [0.15, 0.2) is 36.4 Å². The van der Waals surface area contributed by atoms with Gasteiger partial charge in [-0.1, -0.05) is 0 Å². The number of carbonyl (C=O) groups excluding carboxylic acids is 1. The van der Waals surface area contributed by atoms with E-state index in [4.69, 9.17) is 4.74 Å². The molecule has 1 aromatic carbocycles. The molecule has 0 bridgehead atoms. The summed E-state index contributed by atoms with van der Waals surface area (Å²) in [5.74, 6) is -0.131. The lowest BCUT2D eigenvalue weighted by Gasteiger charge is -2.14. The van der Waals surface area contributed by atoms with Gasteiger partial charge in [0.25, 0.3) is 5.91 Å². The maximum absolute atomic E-state index is 12.5. The first-order chi connectivity index (χ1) is 13.2. The minimum Gasteiger partial charge on any atom is -0.480 e. The maximum atomic E-state index is 12.5. The fraction of sp³-hybridized carbons (Fsp3) is 0.235. The van der Waals surface area contributed by atoms with E-state index in [1.165, 1.54) is 53.9 Å². The molecule has 0 unspecified atom stereocenters. The molecule has 2 heterocycles. The van der Waals surface area contributed by atoms with Gasteiger partial charge in [-0.3, -0.25) is 9.89 Å². The number of alkyl halides is 3. The fourth-order valence-electron chi connectivity index (χ4n) is 2.38. The topological polar surface area (TPSA) is 80.3 Å². The Kier molecular flexibility index (Phi) is 5.54. The average Bonchev–Trinajstić information content (AvgIpc) is 3.29. The Labute approximate surface area is 161 Å². The molecule has 1 amide bonds. The number of hydrogen-bond donors (Lipinski definition) is 1. The van der Waals surface area contributed by atoms with Crippen molar-refractivity contribution in [3.8, 4) is 22.9 Å². The third kappa shape index (κ3) is 4.80. The maximum Gasteiger partial charge on any atom is 0.573 e. The molecule has 1 N–H and O–H groups in total. The van der Waals surface area contributed by atoms with Gasteiger partial charge in [0.2, 0.25) is 5.88 Å².